The number of hydrogen-bond acceptors (Lipinski definition) is 4. The maximum absolute atomic E-state index is 11.7. The van der Waals surface area contributed by atoms with Crippen molar-refractivity contribution in [1.29, 1.82) is 0 Å². The van der Waals surface area contributed by atoms with Crippen molar-refractivity contribution in [1.82, 2.24) is 10.1 Å². The zero-order valence-corrected chi connectivity index (χ0v) is 11.7. The van der Waals surface area contributed by atoms with Crippen molar-refractivity contribution in [3.05, 3.63) is 17.5 Å². The molecular weight excluding hydrogens is 236 g/mol. The van der Waals surface area contributed by atoms with Gasteiger partial charge in [-0.1, -0.05) is 25.9 Å². The molecule has 4 nitrogen and oxygen atoms in total. The van der Waals surface area contributed by atoms with Crippen LogP contribution in [0.3, 0.4) is 0 Å². The average molecular weight is 256 g/mol. The number of aromatic nitrogens is 1. The smallest absolute Gasteiger partial charge is 0.232 e. The summed E-state index contributed by atoms with van der Waals surface area (Å²) in [4.78, 5) is 13.4. The Kier molecular flexibility index (Phi) is 5.55. The Balaban J connectivity index is 2.49. The van der Waals surface area contributed by atoms with E-state index < -0.39 is 0 Å². The summed E-state index contributed by atoms with van der Waals surface area (Å²) in [6, 6.07) is 1.92. The summed E-state index contributed by atoms with van der Waals surface area (Å²) in [6.07, 6.45) is 0. The van der Waals surface area contributed by atoms with Gasteiger partial charge in [0.2, 0.25) is 5.91 Å². The van der Waals surface area contributed by atoms with Gasteiger partial charge in [0.05, 0.1) is 18.0 Å². The first-order valence-electron chi connectivity index (χ1n) is 5.81. The number of carbonyl (C=O) groups is 1. The third-order valence-electron chi connectivity index (χ3n) is 2.42. The first kappa shape index (κ1) is 14.1. The molecule has 0 unspecified atom stereocenters. The predicted molar refractivity (Wildman–Crippen MR) is 70.1 cm³/mol. The van der Waals surface area contributed by atoms with Gasteiger partial charge in [0.15, 0.2) is 5.76 Å². The van der Waals surface area contributed by atoms with Gasteiger partial charge < -0.3 is 9.42 Å². The van der Waals surface area contributed by atoms with Crippen molar-refractivity contribution in [2.45, 2.75) is 33.2 Å². The third kappa shape index (κ3) is 4.42. The van der Waals surface area contributed by atoms with E-state index in [1.54, 1.807) is 23.7 Å². The summed E-state index contributed by atoms with van der Waals surface area (Å²) in [5, 5.41) is 3.97. The molecule has 0 fully saturated rings. The van der Waals surface area contributed by atoms with Crippen molar-refractivity contribution in [2.24, 2.45) is 0 Å². The van der Waals surface area contributed by atoms with Crippen LogP contribution in [0.4, 0.5) is 0 Å². The summed E-state index contributed by atoms with van der Waals surface area (Å²) in [5.41, 5.74) is 0.934. The molecule has 1 rings (SSSR count). The van der Waals surface area contributed by atoms with Crippen LogP contribution < -0.4 is 0 Å². The van der Waals surface area contributed by atoms with Crippen LogP contribution in [-0.2, 0) is 11.3 Å². The van der Waals surface area contributed by atoms with E-state index in [4.69, 9.17) is 4.52 Å². The van der Waals surface area contributed by atoms with Gasteiger partial charge in [-0.25, -0.2) is 0 Å². The molecule has 1 heterocycles. The minimum absolute atomic E-state index is 0.124. The fraction of sp³-hybridized carbons (Fsp3) is 0.667. The van der Waals surface area contributed by atoms with Crippen LogP contribution in [0.15, 0.2) is 10.6 Å². The average Bonchev–Trinajstić information content (AvgIpc) is 2.74. The molecule has 0 aliphatic heterocycles. The molecule has 0 N–H and O–H groups in total. The largest absolute Gasteiger partial charge is 0.359 e. The van der Waals surface area contributed by atoms with Gasteiger partial charge in [-0.15, -0.1) is 0 Å². The van der Waals surface area contributed by atoms with Gasteiger partial charge in [0.25, 0.3) is 0 Å². The van der Waals surface area contributed by atoms with Gasteiger partial charge in [-0.3, -0.25) is 4.79 Å². The Hall–Kier alpha value is -0.970. The van der Waals surface area contributed by atoms with Crippen molar-refractivity contribution >= 4 is 17.7 Å². The Morgan fingerprint density at radius 3 is 2.82 bits per heavy atom. The zero-order valence-electron chi connectivity index (χ0n) is 10.9. The van der Waals surface area contributed by atoms with E-state index in [0.717, 1.165) is 17.2 Å². The maximum Gasteiger partial charge on any atom is 0.232 e. The molecular formula is C12H20N2O2S. The van der Waals surface area contributed by atoms with E-state index in [-0.39, 0.29) is 5.91 Å². The molecule has 96 valence electrons. The van der Waals surface area contributed by atoms with Gasteiger partial charge in [-0.2, -0.15) is 11.8 Å². The molecule has 0 saturated carbocycles. The molecule has 0 bridgehead atoms. The zero-order chi connectivity index (χ0) is 12.8. The van der Waals surface area contributed by atoms with Gasteiger partial charge in [0, 0.05) is 13.1 Å². The molecule has 0 aromatic carbocycles. The highest BCUT2D eigenvalue weighted by molar-refractivity contribution is 7.99. The predicted octanol–water partition coefficient (Wildman–Crippen LogP) is 2.51. The van der Waals surface area contributed by atoms with E-state index >= 15 is 0 Å². The minimum atomic E-state index is 0.124. The van der Waals surface area contributed by atoms with Crippen molar-refractivity contribution in [2.75, 3.05) is 18.6 Å². The quantitative estimate of drug-likeness (QED) is 0.784. The van der Waals surface area contributed by atoms with Gasteiger partial charge >= 0.3 is 0 Å². The standard InChI is InChI=1S/C12H20N2O2S/c1-5-17-8-12(15)14(4)7-10-6-11(9(2)3)13-16-10/h6,9H,5,7-8H2,1-4H3. The molecule has 1 aromatic heterocycles. The van der Waals surface area contributed by atoms with E-state index in [9.17, 15) is 4.79 Å². The van der Waals surface area contributed by atoms with Crippen molar-refractivity contribution < 1.29 is 9.32 Å². The monoisotopic (exact) mass is 256 g/mol. The first-order chi connectivity index (χ1) is 8.04. The third-order valence-corrected chi connectivity index (χ3v) is 3.28. The first-order valence-corrected chi connectivity index (χ1v) is 6.97. The Morgan fingerprint density at radius 2 is 2.29 bits per heavy atom. The lowest BCUT2D eigenvalue weighted by molar-refractivity contribution is -0.127. The molecule has 0 spiro atoms. The van der Waals surface area contributed by atoms with Crippen LogP contribution in [0.25, 0.3) is 0 Å². The van der Waals surface area contributed by atoms with E-state index in [0.29, 0.717) is 18.2 Å². The second kappa shape index (κ2) is 6.69. The second-order valence-corrected chi connectivity index (χ2v) is 5.53. The van der Waals surface area contributed by atoms with E-state index in [1.807, 2.05) is 13.0 Å². The summed E-state index contributed by atoms with van der Waals surface area (Å²) in [5.74, 6) is 2.70. The van der Waals surface area contributed by atoms with E-state index in [1.165, 1.54) is 0 Å². The highest BCUT2D eigenvalue weighted by atomic mass is 32.2. The van der Waals surface area contributed by atoms with Gasteiger partial charge in [0.1, 0.15) is 0 Å². The van der Waals surface area contributed by atoms with Crippen LogP contribution in [0.1, 0.15) is 38.1 Å². The number of rotatable bonds is 6. The highest BCUT2D eigenvalue weighted by Gasteiger charge is 2.13. The molecule has 0 saturated heterocycles. The Bertz CT molecular complexity index is 363. The summed E-state index contributed by atoms with van der Waals surface area (Å²) in [7, 11) is 1.79. The number of nitrogens with zero attached hydrogens (tertiary/aromatic N) is 2. The van der Waals surface area contributed by atoms with Crippen molar-refractivity contribution in [3.63, 3.8) is 0 Å². The topological polar surface area (TPSA) is 46.3 Å². The molecule has 0 radical (unpaired) electrons. The molecule has 0 atom stereocenters. The second-order valence-electron chi connectivity index (χ2n) is 4.26. The molecule has 0 aliphatic rings. The fourth-order valence-electron chi connectivity index (χ4n) is 1.30. The SMILES string of the molecule is CCSCC(=O)N(C)Cc1cc(C(C)C)no1. The molecule has 5 heteroatoms. The fourth-order valence-corrected chi connectivity index (χ4v) is 1.90. The van der Waals surface area contributed by atoms with Crippen LogP contribution in [0.5, 0.6) is 0 Å². The molecule has 17 heavy (non-hydrogen) atoms. The number of thioether (sulfide) groups is 1. The summed E-state index contributed by atoms with van der Waals surface area (Å²) in [6.45, 7) is 6.66. The highest BCUT2D eigenvalue weighted by Crippen LogP contribution is 2.15. The lowest BCUT2D eigenvalue weighted by atomic mass is 10.1. The van der Waals surface area contributed by atoms with Crippen LogP contribution in [0.2, 0.25) is 0 Å². The number of carbonyl (C=O) groups excluding carboxylic acids is 1. The summed E-state index contributed by atoms with van der Waals surface area (Å²) < 4.78 is 5.20. The molecule has 0 aliphatic carbocycles. The Labute approximate surface area is 107 Å². The molecule has 1 aromatic rings. The number of hydrogen-bond donors (Lipinski definition) is 0. The van der Waals surface area contributed by atoms with Crippen LogP contribution in [-0.4, -0.2) is 34.5 Å². The van der Waals surface area contributed by atoms with Crippen LogP contribution in [0, 0.1) is 0 Å². The lowest BCUT2D eigenvalue weighted by Gasteiger charge is -2.14. The lowest BCUT2D eigenvalue weighted by Crippen LogP contribution is -2.27. The summed E-state index contributed by atoms with van der Waals surface area (Å²) >= 11 is 1.63. The normalized spacial score (nSPS) is 10.9. The molecule has 1 amide bonds. The van der Waals surface area contributed by atoms with Crippen LogP contribution >= 0.6 is 11.8 Å². The van der Waals surface area contributed by atoms with E-state index in [2.05, 4.69) is 19.0 Å². The maximum atomic E-state index is 11.7. The minimum Gasteiger partial charge on any atom is -0.359 e. The number of amides is 1. The Morgan fingerprint density at radius 1 is 1.59 bits per heavy atom. The van der Waals surface area contributed by atoms with Gasteiger partial charge in [-0.05, 0) is 11.7 Å². The van der Waals surface area contributed by atoms with Crippen molar-refractivity contribution in [3.8, 4) is 0 Å².